The first-order valence-corrected chi connectivity index (χ1v) is 9.17. The fourth-order valence-electron chi connectivity index (χ4n) is 4.43. The standard InChI is InChI=1S/C17H27N5O/c23-17(13-10-19-22-9-5-4-8-16(13)22)18-11-15-12-6-2-1-3-7-14(12)20-21-15/h10,12,14-15,20-21H,1-9,11H2,(H,18,23). The van der Waals surface area contributed by atoms with E-state index in [1.54, 1.807) is 6.20 Å². The number of amides is 1. The number of carbonyl (C=O) groups excluding carboxylic acids is 1. The van der Waals surface area contributed by atoms with E-state index in [2.05, 4.69) is 21.3 Å². The molecule has 2 fully saturated rings. The maximum absolute atomic E-state index is 12.5. The molecular formula is C17H27N5O. The fraction of sp³-hybridized carbons (Fsp3) is 0.765. The van der Waals surface area contributed by atoms with Crippen molar-refractivity contribution in [1.29, 1.82) is 0 Å². The molecule has 2 aliphatic heterocycles. The van der Waals surface area contributed by atoms with Crippen molar-refractivity contribution in [3.63, 3.8) is 0 Å². The van der Waals surface area contributed by atoms with Gasteiger partial charge >= 0.3 is 0 Å². The highest BCUT2D eigenvalue weighted by molar-refractivity contribution is 5.95. The Morgan fingerprint density at radius 2 is 2.13 bits per heavy atom. The zero-order valence-electron chi connectivity index (χ0n) is 13.7. The van der Waals surface area contributed by atoms with E-state index >= 15 is 0 Å². The van der Waals surface area contributed by atoms with Gasteiger partial charge in [0.1, 0.15) is 0 Å². The molecule has 3 N–H and O–H groups in total. The van der Waals surface area contributed by atoms with Crippen LogP contribution < -0.4 is 16.2 Å². The molecule has 0 bridgehead atoms. The van der Waals surface area contributed by atoms with Crippen LogP contribution in [0.3, 0.4) is 0 Å². The second-order valence-corrected chi connectivity index (χ2v) is 7.20. The largest absolute Gasteiger partial charge is 0.350 e. The molecule has 3 aliphatic rings. The number of aromatic nitrogens is 2. The number of aryl methyl sites for hydroxylation is 1. The summed E-state index contributed by atoms with van der Waals surface area (Å²) in [4.78, 5) is 12.5. The van der Waals surface area contributed by atoms with Gasteiger partial charge in [-0.15, -0.1) is 0 Å². The molecule has 3 atom stereocenters. The lowest BCUT2D eigenvalue weighted by Gasteiger charge is -2.21. The van der Waals surface area contributed by atoms with Crippen LogP contribution in [0.1, 0.15) is 61.0 Å². The number of hydrazine groups is 1. The normalized spacial score (nSPS) is 30.3. The molecule has 4 rings (SSSR count). The number of hydrogen-bond donors (Lipinski definition) is 3. The van der Waals surface area contributed by atoms with Gasteiger partial charge in [-0.2, -0.15) is 5.10 Å². The maximum Gasteiger partial charge on any atom is 0.254 e. The van der Waals surface area contributed by atoms with Gasteiger partial charge in [-0.3, -0.25) is 20.3 Å². The number of carbonyl (C=O) groups is 1. The predicted molar refractivity (Wildman–Crippen MR) is 87.9 cm³/mol. The van der Waals surface area contributed by atoms with Crippen LogP contribution in [0, 0.1) is 5.92 Å². The van der Waals surface area contributed by atoms with Crippen molar-refractivity contribution >= 4 is 5.91 Å². The molecule has 1 amide bonds. The Morgan fingerprint density at radius 3 is 3.09 bits per heavy atom. The molecule has 0 aromatic carbocycles. The van der Waals surface area contributed by atoms with Crippen molar-refractivity contribution < 1.29 is 4.79 Å². The van der Waals surface area contributed by atoms with Gasteiger partial charge in [-0.25, -0.2) is 0 Å². The van der Waals surface area contributed by atoms with Crippen molar-refractivity contribution in [1.82, 2.24) is 25.9 Å². The SMILES string of the molecule is O=C(NCC1NNC2CCCCCC21)c1cnn2c1CCCC2. The highest BCUT2D eigenvalue weighted by Gasteiger charge is 2.36. The number of rotatable bonds is 3. The third-order valence-electron chi connectivity index (χ3n) is 5.75. The second-order valence-electron chi connectivity index (χ2n) is 7.20. The summed E-state index contributed by atoms with van der Waals surface area (Å²) in [6, 6.07) is 0.914. The molecule has 1 aliphatic carbocycles. The number of hydrogen-bond acceptors (Lipinski definition) is 4. The average molecular weight is 317 g/mol. The van der Waals surface area contributed by atoms with E-state index in [1.807, 2.05) is 4.68 Å². The Balaban J connectivity index is 1.37. The first-order chi connectivity index (χ1) is 11.3. The Hall–Kier alpha value is -1.40. The summed E-state index contributed by atoms with van der Waals surface area (Å²) in [7, 11) is 0. The minimum Gasteiger partial charge on any atom is -0.350 e. The molecule has 0 radical (unpaired) electrons. The zero-order chi connectivity index (χ0) is 15.6. The van der Waals surface area contributed by atoms with Gasteiger partial charge in [0, 0.05) is 25.2 Å². The third kappa shape index (κ3) is 3.02. The van der Waals surface area contributed by atoms with E-state index in [4.69, 9.17) is 0 Å². The monoisotopic (exact) mass is 317 g/mol. The molecule has 6 nitrogen and oxygen atoms in total. The fourth-order valence-corrected chi connectivity index (χ4v) is 4.43. The minimum absolute atomic E-state index is 0.0343. The van der Waals surface area contributed by atoms with Crippen molar-refractivity contribution in [2.75, 3.05) is 6.54 Å². The Labute approximate surface area is 137 Å². The summed E-state index contributed by atoms with van der Waals surface area (Å²) in [6.07, 6.45) is 11.5. The van der Waals surface area contributed by atoms with Gasteiger partial charge in [0.25, 0.3) is 5.91 Å². The number of fused-ring (bicyclic) bond motifs is 2. The van der Waals surface area contributed by atoms with E-state index in [9.17, 15) is 4.79 Å². The summed E-state index contributed by atoms with van der Waals surface area (Å²) >= 11 is 0. The molecule has 1 aromatic heterocycles. The lowest BCUT2D eigenvalue weighted by atomic mass is 9.90. The van der Waals surface area contributed by atoms with Crippen LogP contribution in [0.4, 0.5) is 0 Å². The van der Waals surface area contributed by atoms with Crippen molar-refractivity contribution in [3.05, 3.63) is 17.5 Å². The van der Waals surface area contributed by atoms with Crippen molar-refractivity contribution in [2.24, 2.45) is 5.92 Å². The zero-order valence-corrected chi connectivity index (χ0v) is 13.7. The van der Waals surface area contributed by atoms with E-state index < -0.39 is 0 Å². The van der Waals surface area contributed by atoms with E-state index in [1.165, 1.54) is 32.1 Å². The first kappa shape index (κ1) is 15.1. The van der Waals surface area contributed by atoms with Crippen LogP contribution in [0.5, 0.6) is 0 Å². The Morgan fingerprint density at radius 1 is 1.22 bits per heavy atom. The predicted octanol–water partition coefficient (Wildman–Crippen LogP) is 1.37. The molecule has 3 unspecified atom stereocenters. The lowest BCUT2D eigenvalue weighted by molar-refractivity contribution is 0.0946. The van der Waals surface area contributed by atoms with Gasteiger partial charge in [0.2, 0.25) is 0 Å². The van der Waals surface area contributed by atoms with Gasteiger partial charge in [-0.05, 0) is 38.0 Å². The maximum atomic E-state index is 12.5. The highest BCUT2D eigenvalue weighted by Crippen LogP contribution is 2.28. The van der Waals surface area contributed by atoms with E-state index in [-0.39, 0.29) is 5.91 Å². The summed E-state index contributed by atoms with van der Waals surface area (Å²) in [5.41, 5.74) is 8.72. The van der Waals surface area contributed by atoms with Gasteiger partial charge < -0.3 is 5.32 Å². The van der Waals surface area contributed by atoms with Crippen molar-refractivity contribution in [2.45, 2.75) is 70.0 Å². The molecular weight excluding hydrogens is 290 g/mol. The third-order valence-corrected chi connectivity index (χ3v) is 5.75. The van der Waals surface area contributed by atoms with Crippen LogP contribution in [0.25, 0.3) is 0 Å². The summed E-state index contributed by atoms with van der Waals surface area (Å²) in [5.74, 6) is 0.672. The van der Waals surface area contributed by atoms with Crippen LogP contribution in [-0.2, 0) is 13.0 Å². The van der Waals surface area contributed by atoms with Crippen LogP contribution >= 0.6 is 0 Å². The molecule has 126 valence electrons. The molecule has 3 heterocycles. The molecule has 1 saturated heterocycles. The first-order valence-electron chi connectivity index (χ1n) is 9.17. The summed E-state index contributed by atoms with van der Waals surface area (Å²) < 4.78 is 2.00. The van der Waals surface area contributed by atoms with E-state index in [0.29, 0.717) is 24.5 Å². The molecule has 1 saturated carbocycles. The van der Waals surface area contributed by atoms with Crippen LogP contribution in [0.15, 0.2) is 6.20 Å². The number of nitrogens with one attached hydrogen (secondary N) is 3. The molecule has 0 spiro atoms. The minimum atomic E-state index is 0.0343. The van der Waals surface area contributed by atoms with Crippen LogP contribution in [0.2, 0.25) is 0 Å². The highest BCUT2D eigenvalue weighted by atomic mass is 16.1. The Bertz CT molecular complexity index is 569. The Kier molecular flexibility index (Phi) is 4.35. The smallest absolute Gasteiger partial charge is 0.254 e. The summed E-state index contributed by atoms with van der Waals surface area (Å²) in [5, 5.41) is 7.50. The quantitative estimate of drug-likeness (QED) is 0.787. The molecule has 6 heteroatoms. The molecule has 23 heavy (non-hydrogen) atoms. The lowest BCUT2D eigenvalue weighted by Crippen LogP contribution is -2.42. The van der Waals surface area contributed by atoms with Crippen molar-refractivity contribution in [3.8, 4) is 0 Å². The van der Waals surface area contributed by atoms with Gasteiger partial charge in [0.15, 0.2) is 0 Å². The topological polar surface area (TPSA) is 71.0 Å². The van der Waals surface area contributed by atoms with Gasteiger partial charge in [0.05, 0.1) is 17.5 Å². The number of nitrogens with zero attached hydrogens (tertiary/aromatic N) is 2. The summed E-state index contributed by atoms with van der Waals surface area (Å²) in [6.45, 7) is 1.64. The van der Waals surface area contributed by atoms with Crippen LogP contribution in [-0.4, -0.2) is 34.3 Å². The second kappa shape index (κ2) is 6.61. The average Bonchev–Trinajstić information content (AvgIpc) is 3.10. The van der Waals surface area contributed by atoms with E-state index in [0.717, 1.165) is 37.1 Å². The molecule has 1 aromatic rings. The van der Waals surface area contributed by atoms with Gasteiger partial charge in [-0.1, -0.05) is 19.3 Å².